The van der Waals surface area contributed by atoms with Crippen LogP contribution in [0.15, 0.2) is 11.1 Å². The molecule has 0 bridgehead atoms. The van der Waals surface area contributed by atoms with Gasteiger partial charge in [0.05, 0.1) is 6.10 Å². The lowest BCUT2D eigenvalue weighted by Crippen LogP contribution is -2.09. The molecule has 0 saturated heterocycles. The second kappa shape index (κ2) is 8.69. The third-order valence-electron chi connectivity index (χ3n) is 3.42. The van der Waals surface area contributed by atoms with Crippen LogP contribution < -0.4 is 5.32 Å². The lowest BCUT2D eigenvalue weighted by molar-refractivity contribution is 0.160. The number of hydrogen-bond acceptors (Lipinski definition) is 4. The van der Waals surface area contributed by atoms with Gasteiger partial charge in [-0.05, 0) is 51.0 Å². The average Bonchev–Trinajstić information content (AvgIpc) is 2.44. The normalized spacial score (nSPS) is 12.2. The maximum atomic E-state index is 9.66. The van der Waals surface area contributed by atoms with Crippen molar-refractivity contribution >= 4 is 18.2 Å². The zero-order valence-electron chi connectivity index (χ0n) is 12.9. The summed E-state index contributed by atoms with van der Waals surface area (Å²) in [6.07, 6.45) is 4.33. The Hall–Kier alpha value is -1.42. The molecule has 1 unspecified atom stereocenters. The molecule has 1 rings (SSSR count). The first-order valence-corrected chi connectivity index (χ1v) is 7.51. The van der Waals surface area contributed by atoms with Crippen molar-refractivity contribution in [2.75, 3.05) is 11.9 Å². The van der Waals surface area contributed by atoms with Crippen LogP contribution in [0, 0.1) is 6.92 Å². The lowest BCUT2D eigenvalue weighted by Gasteiger charge is -2.13. The van der Waals surface area contributed by atoms with Crippen molar-refractivity contribution < 1.29 is 5.11 Å². The van der Waals surface area contributed by atoms with E-state index in [0.717, 1.165) is 61.4 Å². The van der Waals surface area contributed by atoms with Gasteiger partial charge < -0.3 is 10.4 Å². The number of aliphatic hydroxyl groups excluding tert-OH is 1. The van der Waals surface area contributed by atoms with Crippen LogP contribution in [-0.2, 0) is 6.42 Å². The van der Waals surface area contributed by atoms with E-state index < -0.39 is 0 Å². The predicted octanol–water partition coefficient (Wildman–Crippen LogP) is 3.64. The van der Waals surface area contributed by atoms with Crippen LogP contribution >= 0.6 is 0 Å². The standard InChI is InChI=1S/C16H27N3O/c1-5-7-10-18-16-15(17-4)12(3)11-13(19-16)8-9-14(20)6-2/h11,14,20H,4-10H2,1-3H3,(H,18,19). The molecular formula is C16H27N3O. The van der Waals surface area contributed by atoms with E-state index in [9.17, 15) is 5.11 Å². The molecule has 0 aliphatic carbocycles. The molecule has 0 saturated carbocycles. The Bertz CT molecular complexity index is 432. The van der Waals surface area contributed by atoms with Crippen molar-refractivity contribution in [1.82, 2.24) is 4.98 Å². The predicted molar refractivity (Wildman–Crippen MR) is 86.2 cm³/mol. The van der Waals surface area contributed by atoms with Crippen LogP contribution in [0.5, 0.6) is 0 Å². The van der Waals surface area contributed by atoms with Gasteiger partial charge in [0.2, 0.25) is 0 Å². The monoisotopic (exact) mass is 277 g/mol. The number of pyridine rings is 1. The summed E-state index contributed by atoms with van der Waals surface area (Å²) in [4.78, 5) is 8.70. The average molecular weight is 277 g/mol. The quantitative estimate of drug-likeness (QED) is 0.535. The summed E-state index contributed by atoms with van der Waals surface area (Å²) in [6, 6.07) is 2.04. The Kier molecular flexibility index (Phi) is 7.23. The van der Waals surface area contributed by atoms with Crippen LogP contribution in [-0.4, -0.2) is 29.5 Å². The number of aromatic nitrogens is 1. The highest BCUT2D eigenvalue weighted by Gasteiger charge is 2.10. The van der Waals surface area contributed by atoms with Crippen LogP contribution in [0.25, 0.3) is 0 Å². The summed E-state index contributed by atoms with van der Waals surface area (Å²) >= 11 is 0. The molecule has 4 heteroatoms. The summed E-state index contributed by atoms with van der Waals surface area (Å²) in [5.41, 5.74) is 2.91. The number of aryl methyl sites for hydroxylation is 2. The van der Waals surface area contributed by atoms with Gasteiger partial charge in [0.1, 0.15) is 5.69 Å². The zero-order chi connectivity index (χ0) is 15.0. The Labute approximate surface area is 122 Å². The summed E-state index contributed by atoms with van der Waals surface area (Å²) in [5.74, 6) is 0.814. The van der Waals surface area contributed by atoms with Gasteiger partial charge in [-0.1, -0.05) is 20.3 Å². The third kappa shape index (κ3) is 4.93. The third-order valence-corrected chi connectivity index (χ3v) is 3.42. The van der Waals surface area contributed by atoms with Crippen molar-refractivity contribution in [3.63, 3.8) is 0 Å². The topological polar surface area (TPSA) is 57.5 Å². The molecule has 1 atom stereocenters. The number of aliphatic hydroxyl groups is 1. The number of nitrogens with zero attached hydrogens (tertiary/aromatic N) is 2. The minimum Gasteiger partial charge on any atom is -0.393 e. The molecular weight excluding hydrogens is 250 g/mol. The first kappa shape index (κ1) is 16.6. The second-order valence-electron chi connectivity index (χ2n) is 5.17. The molecule has 0 aliphatic rings. The van der Waals surface area contributed by atoms with E-state index >= 15 is 0 Å². The van der Waals surface area contributed by atoms with E-state index in [1.807, 2.05) is 19.9 Å². The van der Waals surface area contributed by atoms with Crippen LogP contribution in [0.1, 0.15) is 50.8 Å². The zero-order valence-corrected chi connectivity index (χ0v) is 12.9. The first-order chi connectivity index (χ1) is 9.62. The number of rotatable bonds is 9. The van der Waals surface area contributed by atoms with Gasteiger partial charge >= 0.3 is 0 Å². The van der Waals surface area contributed by atoms with Gasteiger partial charge in [-0.2, -0.15) is 0 Å². The lowest BCUT2D eigenvalue weighted by atomic mass is 10.1. The molecule has 1 aromatic rings. The molecule has 0 radical (unpaired) electrons. The van der Waals surface area contributed by atoms with Crippen LogP contribution in [0.4, 0.5) is 11.5 Å². The number of anilines is 1. The summed E-state index contributed by atoms with van der Waals surface area (Å²) in [6.45, 7) is 10.7. The summed E-state index contributed by atoms with van der Waals surface area (Å²) in [5, 5.41) is 13.0. The molecule has 0 aliphatic heterocycles. The van der Waals surface area contributed by atoms with E-state index in [2.05, 4.69) is 28.9 Å². The highest BCUT2D eigenvalue weighted by molar-refractivity contribution is 5.67. The largest absolute Gasteiger partial charge is 0.393 e. The maximum Gasteiger partial charge on any atom is 0.152 e. The van der Waals surface area contributed by atoms with Gasteiger partial charge in [-0.25, -0.2) is 4.98 Å². The number of aliphatic imine (C=N–C) groups is 1. The SMILES string of the molecule is C=Nc1c(C)cc(CCC(O)CC)nc1NCCCC. The second-order valence-corrected chi connectivity index (χ2v) is 5.17. The van der Waals surface area contributed by atoms with Gasteiger partial charge in [-0.3, -0.25) is 4.99 Å². The van der Waals surface area contributed by atoms with Crippen molar-refractivity contribution in [1.29, 1.82) is 0 Å². The maximum absolute atomic E-state index is 9.66. The van der Waals surface area contributed by atoms with Gasteiger partial charge in [-0.15, -0.1) is 0 Å². The molecule has 20 heavy (non-hydrogen) atoms. The number of nitrogens with one attached hydrogen (secondary N) is 1. The van der Waals surface area contributed by atoms with Crippen molar-refractivity contribution in [2.45, 2.75) is 59.0 Å². The summed E-state index contributed by atoms with van der Waals surface area (Å²) < 4.78 is 0. The van der Waals surface area contributed by atoms with Crippen molar-refractivity contribution in [2.24, 2.45) is 4.99 Å². The Morgan fingerprint density at radius 2 is 2.20 bits per heavy atom. The molecule has 4 nitrogen and oxygen atoms in total. The van der Waals surface area contributed by atoms with E-state index in [-0.39, 0.29) is 6.10 Å². The fourth-order valence-electron chi connectivity index (χ4n) is 2.09. The van der Waals surface area contributed by atoms with E-state index in [1.165, 1.54) is 0 Å². The van der Waals surface area contributed by atoms with Gasteiger partial charge in [0.25, 0.3) is 0 Å². The van der Waals surface area contributed by atoms with Crippen LogP contribution in [0.2, 0.25) is 0 Å². The summed E-state index contributed by atoms with van der Waals surface area (Å²) in [7, 11) is 0. The number of hydrogen-bond donors (Lipinski definition) is 2. The molecule has 1 heterocycles. The van der Waals surface area contributed by atoms with Crippen molar-refractivity contribution in [3.8, 4) is 0 Å². The Balaban J connectivity index is 2.83. The molecule has 1 aromatic heterocycles. The van der Waals surface area contributed by atoms with Crippen molar-refractivity contribution in [3.05, 3.63) is 17.3 Å². The fourth-order valence-corrected chi connectivity index (χ4v) is 2.09. The minimum atomic E-state index is -0.245. The molecule has 0 fully saturated rings. The Morgan fingerprint density at radius 3 is 2.80 bits per heavy atom. The van der Waals surface area contributed by atoms with Gasteiger partial charge in [0, 0.05) is 12.2 Å². The molecule has 0 spiro atoms. The molecule has 0 amide bonds. The first-order valence-electron chi connectivity index (χ1n) is 7.51. The minimum absolute atomic E-state index is 0.245. The molecule has 112 valence electrons. The highest BCUT2D eigenvalue weighted by Crippen LogP contribution is 2.28. The molecule has 2 N–H and O–H groups in total. The fraction of sp³-hybridized carbons (Fsp3) is 0.625. The number of unbranched alkanes of at least 4 members (excludes halogenated alkanes) is 1. The Morgan fingerprint density at radius 1 is 1.45 bits per heavy atom. The van der Waals surface area contributed by atoms with Crippen LogP contribution in [0.3, 0.4) is 0 Å². The molecule has 0 aromatic carbocycles. The van der Waals surface area contributed by atoms with E-state index in [1.54, 1.807) is 0 Å². The van der Waals surface area contributed by atoms with E-state index in [0.29, 0.717) is 0 Å². The van der Waals surface area contributed by atoms with Gasteiger partial charge in [0.15, 0.2) is 5.82 Å². The smallest absolute Gasteiger partial charge is 0.152 e. The highest BCUT2D eigenvalue weighted by atomic mass is 16.3. The van der Waals surface area contributed by atoms with E-state index in [4.69, 9.17) is 0 Å².